The number of carbonyl (C=O) groups excluding carboxylic acids is 1. The quantitative estimate of drug-likeness (QED) is 0.730. The third-order valence-corrected chi connectivity index (χ3v) is 6.04. The number of hydrogen-bond donors (Lipinski definition) is 2. The van der Waals surface area contributed by atoms with Crippen LogP contribution in [0.4, 0.5) is 5.69 Å². The third kappa shape index (κ3) is 5.45. The zero-order valence-electron chi connectivity index (χ0n) is 15.7. The zero-order chi connectivity index (χ0) is 20.2. The standard InChI is InChI=1S/C19H23ClN2O4S/c1-12-5-6-13(2)18(9-12)27(24,25)21-8-7-19(23)22-16-10-14(3)15(20)11-17(16)26-4/h5-6,9-11,21H,7-8H2,1-4H3,(H,22,23). The molecule has 8 heteroatoms. The Bertz CT molecular complexity index is 958. The molecule has 2 aromatic carbocycles. The molecule has 0 spiro atoms. The first-order valence-electron chi connectivity index (χ1n) is 8.35. The van der Waals surface area contributed by atoms with Gasteiger partial charge < -0.3 is 10.1 Å². The molecule has 0 unspecified atom stereocenters. The number of sulfonamides is 1. The van der Waals surface area contributed by atoms with Gasteiger partial charge in [-0.25, -0.2) is 13.1 Å². The van der Waals surface area contributed by atoms with Gasteiger partial charge >= 0.3 is 0 Å². The molecule has 0 aliphatic rings. The lowest BCUT2D eigenvalue weighted by Gasteiger charge is -2.13. The number of hydrogen-bond acceptors (Lipinski definition) is 4. The lowest BCUT2D eigenvalue weighted by atomic mass is 10.2. The fraction of sp³-hybridized carbons (Fsp3) is 0.316. The molecule has 0 saturated carbocycles. The summed E-state index contributed by atoms with van der Waals surface area (Å²) in [6.07, 6.45) is -0.0189. The van der Waals surface area contributed by atoms with Crippen molar-refractivity contribution in [3.8, 4) is 5.75 Å². The van der Waals surface area contributed by atoms with E-state index in [1.54, 1.807) is 31.2 Å². The van der Waals surface area contributed by atoms with Crippen LogP contribution in [0.3, 0.4) is 0 Å². The van der Waals surface area contributed by atoms with E-state index in [-0.39, 0.29) is 23.8 Å². The monoisotopic (exact) mass is 410 g/mol. The maximum Gasteiger partial charge on any atom is 0.240 e. The van der Waals surface area contributed by atoms with Gasteiger partial charge in [0.25, 0.3) is 0 Å². The van der Waals surface area contributed by atoms with E-state index in [1.165, 1.54) is 7.11 Å². The summed E-state index contributed by atoms with van der Waals surface area (Å²) in [5.41, 5.74) is 2.79. The van der Waals surface area contributed by atoms with Crippen molar-refractivity contribution in [1.82, 2.24) is 4.72 Å². The highest BCUT2D eigenvalue weighted by Crippen LogP contribution is 2.31. The highest BCUT2D eigenvalue weighted by molar-refractivity contribution is 7.89. The fourth-order valence-corrected chi connectivity index (χ4v) is 4.03. The Morgan fingerprint density at radius 3 is 2.48 bits per heavy atom. The van der Waals surface area contributed by atoms with Crippen molar-refractivity contribution in [1.29, 1.82) is 0 Å². The SMILES string of the molecule is COc1cc(Cl)c(C)cc1NC(=O)CCNS(=O)(=O)c1cc(C)ccc1C. The molecular weight excluding hydrogens is 388 g/mol. The number of carbonyl (C=O) groups is 1. The van der Waals surface area contributed by atoms with Gasteiger partial charge in [-0.2, -0.15) is 0 Å². The first-order valence-corrected chi connectivity index (χ1v) is 10.2. The van der Waals surface area contributed by atoms with Gasteiger partial charge in [-0.15, -0.1) is 0 Å². The van der Waals surface area contributed by atoms with Crippen LogP contribution in [-0.4, -0.2) is 28.0 Å². The molecule has 0 aliphatic carbocycles. The minimum absolute atomic E-state index is 0.0174. The predicted molar refractivity (Wildman–Crippen MR) is 107 cm³/mol. The summed E-state index contributed by atoms with van der Waals surface area (Å²) in [5.74, 6) is 0.105. The van der Waals surface area contributed by atoms with E-state index in [1.807, 2.05) is 19.9 Å². The first kappa shape index (κ1) is 21.2. The van der Waals surface area contributed by atoms with Crippen molar-refractivity contribution in [2.24, 2.45) is 0 Å². The van der Waals surface area contributed by atoms with E-state index in [9.17, 15) is 13.2 Å². The summed E-state index contributed by atoms with van der Waals surface area (Å²) in [6, 6.07) is 8.54. The number of aryl methyl sites for hydroxylation is 3. The number of benzene rings is 2. The summed E-state index contributed by atoms with van der Waals surface area (Å²) in [6.45, 7) is 5.36. The molecule has 0 aliphatic heterocycles. The van der Waals surface area contributed by atoms with Crippen LogP contribution in [0.15, 0.2) is 35.2 Å². The van der Waals surface area contributed by atoms with Gasteiger partial charge in [-0.3, -0.25) is 4.79 Å². The van der Waals surface area contributed by atoms with Gasteiger partial charge in [0, 0.05) is 24.1 Å². The van der Waals surface area contributed by atoms with Gasteiger partial charge in [0.05, 0.1) is 17.7 Å². The number of anilines is 1. The van der Waals surface area contributed by atoms with Crippen LogP contribution in [0, 0.1) is 20.8 Å². The molecular formula is C19H23ClN2O4S. The van der Waals surface area contributed by atoms with Crippen LogP contribution < -0.4 is 14.8 Å². The van der Waals surface area contributed by atoms with Crippen molar-refractivity contribution in [2.75, 3.05) is 19.0 Å². The number of methoxy groups -OCH3 is 1. The van der Waals surface area contributed by atoms with Crippen LogP contribution in [-0.2, 0) is 14.8 Å². The first-order chi connectivity index (χ1) is 12.6. The second-order valence-corrected chi connectivity index (χ2v) is 8.41. The molecule has 0 fully saturated rings. The predicted octanol–water partition coefficient (Wildman–Crippen LogP) is 3.58. The van der Waals surface area contributed by atoms with E-state index in [0.717, 1.165) is 11.1 Å². The summed E-state index contributed by atoms with van der Waals surface area (Å²) >= 11 is 6.05. The van der Waals surface area contributed by atoms with E-state index in [2.05, 4.69) is 10.0 Å². The van der Waals surface area contributed by atoms with Gasteiger partial charge in [-0.05, 0) is 49.6 Å². The Morgan fingerprint density at radius 1 is 1.11 bits per heavy atom. The molecule has 0 atom stereocenters. The van der Waals surface area contributed by atoms with Crippen molar-refractivity contribution in [2.45, 2.75) is 32.1 Å². The minimum atomic E-state index is -3.68. The smallest absolute Gasteiger partial charge is 0.240 e. The van der Waals surface area contributed by atoms with Crippen molar-refractivity contribution in [3.63, 3.8) is 0 Å². The Morgan fingerprint density at radius 2 is 1.81 bits per heavy atom. The highest BCUT2D eigenvalue weighted by Gasteiger charge is 2.17. The molecule has 2 N–H and O–H groups in total. The van der Waals surface area contributed by atoms with E-state index >= 15 is 0 Å². The Balaban J connectivity index is 2.00. The third-order valence-electron chi connectivity index (χ3n) is 4.03. The summed E-state index contributed by atoms with van der Waals surface area (Å²) in [5, 5.41) is 3.25. The summed E-state index contributed by atoms with van der Waals surface area (Å²) in [4.78, 5) is 12.4. The summed E-state index contributed by atoms with van der Waals surface area (Å²) < 4.78 is 32.6. The average Bonchev–Trinajstić information content (AvgIpc) is 2.59. The van der Waals surface area contributed by atoms with Crippen molar-refractivity contribution >= 4 is 33.2 Å². The molecule has 0 saturated heterocycles. The molecule has 2 rings (SSSR count). The number of rotatable bonds is 7. The van der Waals surface area contributed by atoms with E-state index in [0.29, 0.717) is 22.0 Å². The molecule has 0 aromatic heterocycles. The molecule has 0 bridgehead atoms. The minimum Gasteiger partial charge on any atom is -0.495 e. The Kier molecular flexibility index (Phi) is 6.86. The lowest BCUT2D eigenvalue weighted by molar-refractivity contribution is -0.116. The van der Waals surface area contributed by atoms with Crippen LogP contribution in [0.5, 0.6) is 5.75 Å². The summed E-state index contributed by atoms with van der Waals surface area (Å²) in [7, 11) is -2.20. The number of amides is 1. The van der Waals surface area contributed by atoms with Gasteiger partial charge in [0.1, 0.15) is 5.75 Å². The molecule has 146 valence electrons. The molecule has 0 radical (unpaired) electrons. The molecule has 2 aromatic rings. The Labute approximate surface area is 164 Å². The van der Waals surface area contributed by atoms with E-state index in [4.69, 9.17) is 16.3 Å². The molecule has 1 amide bonds. The number of halogens is 1. The van der Waals surface area contributed by atoms with Crippen LogP contribution in [0.25, 0.3) is 0 Å². The molecule has 6 nitrogen and oxygen atoms in total. The van der Waals surface area contributed by atoms with E-state index < -0.39 is 10.0 Å². The molecule has 0 heterocycles. The van der Waals surface area contributed by atoms with Gasteiger partial charge in [-0.1, -0.05) is 23.7 Å². The van der Waals surface area contributed by atoms with Crippen LogP contribution >= 0.6 is 11.6 Å². The van der Waals surface area contributed by atoms with Crippen LogP contribution in [0.2, 0.25) is 5.02 Å². The fourth-order valence-electron chi connectivity index (χ4n) is 2.52. The zero-order valence-corrected chi connectivity index (χ0v) is 17.3. The van der Waals surface area contributed by atoms with Crippen molar-refractivity contribution in [3.05, 3.63) is 52.0 Å². The average molecular weight is 411 g/mol. The maximum atomic E-state index is 12.5. The normalized spacial score (nSPS) is 11.3. The largest absolute Gasteiger partial charge is 0.495 e. The lowest BCUT2D eigenvalue weighted by Crippen LogP contribution is -2.28. The van der Waals surface area contributed by atoms with Gasteiger partial charge in [0.2, 0.25) is 15.9 Å². The maximum absolute atomic E-state index is 12.5. The Hall–Kier alpha value is -2.09. The van der Waals surface area contributed by atoms with Gasteiger partial charge in [0.15, 0.2) is 0 Å². The molecule has 27 heavy (non-hydrogen) atoms. The second-order valence-electron chi connectivity index (χ2n) is 6.27. The highest BCUT2D eigenvalue weighted by atomic mass is 35.5. The van der Waals surface area contributed by atoms with Crippen molar-refractivity contribution < 1.29 is 17.9 Å². The second kappa shape index (κ2) is 8.73. The topological polar surface area (TPSA) is 84.5 Å². The van der Waals surface area contributed by atoms with Crippen LogP contribution in [0.1, 0.15) is 23.1 Å². The number of ether oxygens (including phenoxy) is 1. The number of nitrogens with one attached hydrogen (secondary N) is 2.